The molecule has 1 aliphatic rings. The van der Waals surface area contributed by atoms with Crippen molar-refractivity contribution >= 4 is 23.5 Å². The number of amides is 2. The van der Waals surface area contributed by atoms with Gasteiger partial charge in [0.1, 0.15) is 23.8 Å². The van der Waals surface area contributed by atoms with Crippen molar-refractivity contribution in [3.8, 4) is 0 Å². The van der Waals surface area contributed by atoms with Crippen molar-refractivity contribution in [2.75, 3.05) is 11.6 Å². The fraction of sp³-hybridized carbons (Fsp3) is 0.357. The lowest BCUT2D eigenvalue weighted by molar-refractivity contribution is 0.243. The minimum atomic E-state index is -0.697. The number of rotatable bonds is 3. The summed E-state index contributed by atoms with van der Waals surface area (Å²) in [6.45, 7) is 0.525. The van der Waals surface area contributed by atoms with Gasteiger partial charge in [-0.1, -0.05) is 0 Å². The smallest absolute Gasteiger partial charge is 0.319 e. The fourth-order valence-electron chi connectivity index (χ4n) is 2.54. The van der Waals surface area contributed by atoms with Crippen molar-refractivity contribution in [2.24, 2.45) is 0 Å². The highest BCUT2D eigenvalue weighted by Crippen LogP contribution is 2.26. The molecule has 1 aromatic heterocycles. The van der Waals surface area contributed by atoms with E-state index in [4.69, 9.17) is 0 Å². The van der Waals surface area contributed by atoms with E-state index in [1.54, 1.807) is 10.9 Å². The van der Waals surface area contributed by atoms with Crippen LogP contribution in [0.3, 0.4) is 0 Å². The number of hydrogen-bond donors (Lipinski definition) is 2. The minimum absolute atomic E-state index is 0.0676. The molecule has 0 saturated carbocycles. The van der Waals surface area contributed by atoms with E-state index >= 15 is 0 Å². The molecule has 0 aliphatic carbocycles. The Labute approximate surface area is 135 Å². The first kappa shape index (κ1) is 15.7. The van der Waals surface area contributed by atoms with Gasteiger partial charge in [0.2, 0.25) is 0 Å². The second-order valence-corrected chi connectivity index (χ2v) is 5.98. The number of benzene rings is 1. The Morgan fingerprint density at radius 2 is 2.13 bits per heavy atom. The summed E-state index contributed by atoms with van der Waals surface area (Å²) in [5.41, 5.74) is 0.0764. The first-order valence-corrected chi connectivity index (χ1v) is 8.26. The third kappa shape index (κ3) is 3.44. The maximum absolute atomic E-state index is 13.7. The van der Waals surface area contributed by atoms with E-state index in [1.807, 2.05) is 0 Å². The van der Waals surface area contributed by atoms with Crippen molar-refractivity contribution in [3.63, 3.8) is 0 Å². The van der Waals surface area contributed by atoms with Crippen LogP contribution < -0.4 is 10.6 Å². The Morgan fingerprint density at radius 3 is 2.83 bits per heavy atom. The lowest BCUT2D eigenvalue weighted by Gasteiger charge is -2.23. The Kier molecular flexibility index (Phi) is 4.46. The van der Waals surface area contributed by atoms with E-state index in [0.29, 0.717) is 6.54 Å². The number of thioether (sulfide) groups is 1. The van der Waals surface area contributed by atoms with Gasteiger partial charge in [0, 0.05) is 12.1 Å². The van der Waals surface area contributed by atoms with Crippen molar-refractivity contribution in [1.82, 2.24) is 20.1 Å². The van der Waals surface area contributed by atoms with Gasteiger partial charge in [0.25, 0.3) is 0 Å². The van der Waals surface area contributed by atoms with Crippen molar-refractivity contribution < 1.29 is 13.6 Å². The molecule has 0 radical (unpaired) electrons. The zero-order chi connectivity index (χ0) is 16.4. The monoisotopic (exact) mass is 339 g/mol. The lowest BCUT2D eigenvalue weighted by atomic mass is 10.1. The van der Waals surface area contributed by atoms with Crippen LogP contribution >= 0.6 is 11.8 Å². The zero-order valence-electron chi connectivity index (χ0n) is 12.3. The van der Waals surface area contributed by atoms with Crippen molar-refractivity contribution in [1.29, 1.82) is 0 Å². The summed E-state index contributed by atoms with van der Waals surface area (Å²) < 4.78 is 29.1. The maximum Gasteiger partial charge on any atom is 0.319 e. The number of halogens is 2. The highest BCUT2D eigenvalue weighted by Gasteiger charge is 2.21. The summed E-state index contributed by atoms with van der Waals surface area (Å²) >= 11 is 0.978. The number of carbonyl (C=O) groups excluding carboxylic acids is 1. The molecule has 3 rings (SSSR count). The number of fused-ring (bicyclic) bond motifs is 1. The van der Waals surface area contributed by atoms with Crippen LogP contribution in [-0.4, -0.2) is 33.1 Å². The summed E-state index contributed by atoms with van der Waals surface area (Å²) in [6.07, 6.45) is 4.52. The number of aromatic nitrogens is 3. The molecule has 2 N–H and O–H groups in total. The first-order valence-electron chi connectivity index (χ1n) is 7.04. The number of hydrogen-bond acceptors (Lipinski definition) is 4. The molecule has 0 unspecified atom stereocenters. The summed E-state index contributed by atoms with van der Waals surface area (Å²) in [6, 6.07) is 1.59. The summed E-state index contributed by atoms with van der Waals surface area (Å²) in [4.78, 5) is 16.0. The Bertz CT molecular complexity index is 713. The summed E-state index contributed by atoms with van der Waals surface area (Å²) in [5, 5.41) is 9.31. The molecule has 0 fully saturated rings. The molecule has 2 heterocycles. The van der Waals surface area contributed by atoms with E-state index < -0.39 is 17.7 Å². The predicted octanol–water partition coefficient (Wildman–Crippen LogP) is 2.41. The highest BCUT2D eigenvalue weighted by atomic mass is 32.2. The van der Waals surface area contributed by atoms with Gasteiger partial charge in [-0.2, -0.15) is 5.10 Å². The molecule has 6 nitrogen and oxygen atoms in total. The highest BCUT2D eigenvalue weighted by molar-refractivity contribution is 7.98. The number of nitrogens with zero attached hydrogens (tertiary/aromatic N) is 3. The predicted molar refractivity (Wildman–Crippen MR) is 82.4 cm³/mol. The molecule has 0 bridgehead atoms. The number of anilines is 1. The van der Waals surface area contributed by atoms with Crippen LogP contribution in [0.1, 0.15) is 12.2 Å². The standard InChI is InChI=1S/C14H15F2N5OS/c1-23-13-10(15)4-9(5-11(13)16)20-14(22)19-8-2-3-12-17-7-18-21(12)6-8/h4-5,7-8H,2-3,6H2,1H3,(H2,19,20,22)/t8-/m1/s1. The van der Waals surface area contributed by atoms with E-state index in [9.17, 15) is 13.6 Å². The van der Waals surface area contributed by atoms with Gasteiger partial charge >= 0.3 is 6.03 Å². The van der Waals surface area contributed by atoms with Gasteiger partial charge in [-0.25, -0.2) is 23.2 Å². The molecule has 23 heavy (non-hydrogen) atoms. The second kappa shape index (κ2) is 6.53. The largest absolute Gasteiger partial charge is 0.333 e. The molecule has 0 saturated heterocycles. The summed E-state index contributed by atoms with van der Waals surface area (Å²) in [5.74, 6) is -0.504. The van der Waals surface area contributed by atoms with Gasteiger partial charge < -0.3 is 10.6 Å². The van der Waals surface area contributed by atoms with Crippen molar-refractivity contribution in [3.05, 3.63) is 35.9 Å². The van der Waals surface area contributed by atoms with Gasteiger partial charge in [-0.15, -0.1) is 11.8 Å². The van der Waals surface area contributed by atoms with Crippen LogP contribution in [0.4, 0.5) is 19.3 Å². The number of urea groups is 1. The van der Waals surface area contributed by atoms with E-state index in [2.05, 4.69) is 20.7 Å². The van der Waals surface area contributed by atoms with E-state index in [-0.39, 0.29) is 16.6 Å². The van der Waals surface area contributed by atoms with Crippen LogP contribution in [0, 0.1) is 11.6 Å². The molecule has 1 atom stereocenters. The van der Waals surface area contributed by atoms with Crippen LogP contribution in [-0.2, 0) is 13.0 Å². The quantitative estimate of drug-likeness (QED) is 0.843. The molecule has 122 valence electrons. The topological polar surface area (TPSA) is 71.8 Å². The molecule has 2 amide bonds. The van der Waals surface area contributed by atoms with Crippen LogP contribution in [0.5, 0.6) is 0 Å². The average molecular weight is 339 g/mol. The maximum atomic E-state index is 13.7. The fourth-order valence-corrected chi connectivity index (χ4v) is 3.04. The second-order valence-electron chi connectivity index (χ2n) is 5.17. The molecule has 9 heteroatoms. The lowest BCUT2D eigenvalue weighted by Crippen LogP contribution is -2.43. The normalized spacial score (nSPS) is 16.7. The Hall–Kier alpha value is -2.16. The number of carbonyl (C=O) groups is 1. The zero-order valence-corrected chi connectivity index (χ0v) is 13.2. The van der Waals surface area contributed by atoms with E-state index in [0.717, 1.165) is 42.6 Å². The van der Waals surface area contributed by atoms with Crippen LogP contribution in [0.2, 0.25) is 0 Å². The molecular weight excluding hydrogens is 324 g/mol. The number of aryl methyl sites for hydroxylation is 1. The molecule has 1 aliphatic heterocycles. The SMILES string of the molecule is CSc1c(F)cc(NC(=O)N[C@@H]2CCc3ncnn3C2)cc1F. The molecule has 2 aromatic rings. The van der Waals surface area contributed by atoms with Crippen molar-refractivity contribution in [2.45, 2.75) is 30.3 Å². The minimum Gasteiger partial charge on any atom is -0.333 e. The molecule has 0 spiro atoms. The average Bonchev–Trinajstić information content (AvgIpc) is 2.94. The van der Waals surface area contributed by atoms with Gasteiger partial charge in [-0.3, -0.25) is 0 Å². The first-order chi connectivity index (χ1) is 11.1. The molecular formula is C14H15F2N5OS. The van der Waals surface area contributed by atoms with Crippen LogP contribution in [0.15, 0.2) is 23.4 Å². The van der Waals surface area contributed by atoms with Gasteiger partial charge in [0.05, 0.1) is 17.5 Å². The van der Waals surface area contributed by atoms with Gasteiger partial charge in [0.15, 0.2) is 0 Å². The molecule has 1 aromatic carbocycles. The van der Waals surface area contributed by atoms with Crippen LogP contribution in [0.25, 0.3) is 0 Å². The van der Waals surface area contributed by atoms with Gasteiger partial charge in [-0.05, 0) is 24.8 Å². The Balaban J connectivity index is 1.62. The van der Waals surface area contributed by atoms with E-state index in [1.165, 1.54) is 6.33 Å². The summed E-state index contributed by atoms with van der Waals surface area (Å²) in [7, 11) is 0. The third-order valence-corrected chi connectivity index (χ3v) is 4.40. The third-order valence-electron chi connectivity index (χ3n) is 3.60. The number of nitrogens with one attached hydrogen (secondary N) is 2. The Morgan fingerprint density at radius 1 is 1.39 bits per heavy atom.